The fraction of sp³-hybridized carbons (Fsp3) is 0.154. The molecular weight excluding hydrogens is 282 g/mol. The van der Waals surface area contributed by atoms with Crippen LogP contribution in [-0.2, 0) is 6.54 Å². The van der Waals surface area contributed by atoms with Gasteiger partial charge in [0.25, 0.3) is 0 Å². The normalized spacial score (nSPS) is 10.4. The molecule has 1 aromatic carbocycles. The molecule has 0 atom stereocenters. The number of thiol groups is 2. The van der Waals surface area contributed by atoms with Crippen LogP contribution in [0.2, 0.25) is 0 Å². The molecule has 5 heteroatoms. The zero-order chi connectivity index (χ0) is 13.1. The van der Waals surface area contributed by atoms with E-state index < -0.39 is 0 Å². The first-order chi connectivity index (χ1) is 8.58. The summed E-state index contributed by atoms with van der Waals surface area (Å²) in [4.78, 5) is 0.907. The molecular formula is C13H13NOS3. The van der Waals surface area contributed by atoms with Crippen LogP contribution in [0.5, 0.6) is 0 Å². The van der Waals surface area contributed by atoms with Crippen molar-refractivity contribution in [2.45, 2.75) is 18.4 Å². The molecule has 0 radical (unpaired) electrons. The van der Waals surface area contributed by atoms with E-state index in [1.165, 1.54) is 0 Å². The van der Waals surface area contributed by atoms with Gasteiger partial charge in [0, 0.05) is 16.1 Å². The summed E-state index contributed by atoms with van der Waals surface area (Å²) in [5, 5.41) is 3.30. The number of aryl methyl sites for hydroxylation is 1. The minimum absolute atomic E-state index is 0.548. The average molecular weight is 295 g/mol. The van der Waals surface area contributed by atoms with Gasteiger partial charge in [-0.1, -0.05) is 12.2 Å². The maximum atomic E-state index is 5.28. The molecule has 1 N–H and O–H groups in total. The van der Waals surface area contributed by atoms with Crippen LogP contribution in [0.1, 0.15) is 16.9 Å². The van der Waals surface area contributed by atoms with Crippen LogP contribution in [0, 0.1) is 6.92 Å². The number of thiocarbonyl (C=S) groups is 1. The Morgan fingerprint density at radius 1 is 1.44 bits per heavy atom. The molecule has 1 aromatic heterocycles. The Balaban J connectivity index is 2.25. The Bertz CT molecular complexity index is 564. The van der Waals surface area contributed by atoms with Crippen molar-refractivity contribution in [1.29, 1.82) is 0 Å². The number of hydrogen-bond donors (Lipinski definition) is 3. The number of rotatable bonds is 4. The molecule has 0 aliphatic heterocycles. The molecule has 94 valence electrons. The van der Waals surface area contributed by atoms with Gasteiger partial charge < -0.3 is 9.73 Å². The van der Waals surface area contributed by atoms with Crippen LogP contribution in [0.25, 0.3) is 0 Å². The van der Waals surface area contributed by atoms with Crippen LogP contribution >= 0.6 is 37.5 Å². The standard InChI is InChI=1S/C13H13NOS3/c1-8-5-11(10(13(17)18)6-12(8)16)14-7-9-3-2-4-15-9/h2-6,14,16H,7H2,1H3,(H,17,18). The molecule has 1 heterocycles. The molecule has 2 rings (SSSR count). The van der Waals surface area contributed by atoms with Crippen molar-refractivity contribution in [2.24, 2.45) is 0 Å². The first-order valence-corrected chi connectivity index (χ1v) is 6.71. The van der Waals surface area contributed by atoms with Gasteiger partial charge in [-0.2, -0.15) is 0 Å². The summed E-state index contributed by atoms with van der Waals surface area (Å²) < 4.78 is 5.83. The monoisotopic (exact) mass is 295 g/mol. The van der Waals surface area contributed by atoms with Gasteiger partial charge in [-0.05, 0) is 36.8 Å². The molecule has 0 bridgehead atoms. The molecule has 0 aliphatic rings. The second kappa shape index (κ2) is 5.82. The predicted octanol–water partition coefficient (Wildman–Crippen LogP) is 4.09. The lowest BCUT2D eigenvalue weighted by Gasteiger charge is -2.12. The highest BCUT2D eigenvalue weighted by Crippen LogP contribution is 2.26. The number of hydrogen-bond acceptors (Lipinski definition) is 4. The third kappa shape index (κ3) is 3.10. The van der Waals surface area contributed by atoms with Gasteiger partial charge in [0.05, 0.1) is 17.0 Å². The van der Waals surface area contributed by atoms with E-state index in [1.807, 2.05) is 31.2 Å². The lowest BCUT2D eigenvalue weighted by atomic mass is 10.1. The number of nitrogens with one attached hydrogen (secondary N) is 1. The third-order valence-electron chi connectivity index (χ3n) is 2.60. The van der Waals surface area contributed by atoms with E-state index in [4.69, 9.17) is 16.6 Å². The third-order valence-corrected chi connectivity index (χ3v) is 3.54. The van der Waals surface area contributed by atoms with E-state index in [2.05, 4.69) is 30.6 Å². The van der Waals surface area contributed by atoms with Crippen LogP contribution in [0.15, 0.2) is 39.8 Å². The van der Waals surface area contributed by atoms with Gasteiger partial charge >= 0.3 is 0 Å². The average Bonchev–Trinajstić information content (AvgIpc) is 2.83. The van der Waals surface area contributed by atoms with Gasteiger partial charge in [0.1, 0.15) is 5.76 Å². The van der Waals surface area contributed by atoms with E-state index >= 15 is 0 Å². The minimum atomic E-state index is 0.548. The summed E-state index contributed by atoms with van der Waals surface area (Å²) in [7, 11) is 0. The highest BCUT2D eigenvalue weighted by molar-refractivity contribution is 8.11. The number of furan rings is 1. The topological polar surface area (TPSA) is 25.2 Å². The van der Waals surface area contributed by atoms with E-state index in [9.17, 15) is 0 Å². The molecule has 2 aromatic rings. The van der Waals surface area contributed by atoms with E-state index in [1.54, 1.807) is 6.26 Å². The molecule has 0 unspecified atom stereocenters. The van der Waals surface area contributed by atoms with Crippen LogP contribution in [0.3, 0.4) is 0 Å². The van der Waals surface area contributed by atoms with E-state index in [0.717, 1.165) is 27.5 Å². The quantitative estimate of drug-likeness (QED) is 0.585. The zero-order valence-corrected chi connectivity index (χ0v) is 12.4. The molecule has 18 heavy (non-hydrogen) atoms. The highest BCUT2D eigenvalue weighted by atomic mass is 32.1. The van der Waals surface area contributed by atoms with E-state index in [0.29, 0.717) is 10.7 Å². The first kappa shape index (κ1) is 13.5. The molecule has 0 amide bonds. The van der Waals surface area contributed by atoms with Gasteiger partial charge in [-0.15, -0.1) is 25.3 Å². The SMILES string of the molecule is Cc1cc(NCc2ccco2)c(C(=S)S)cc1S. The Labute approximate surface area is 123 Å². The smallest absolute Gasteiger partial charge is 0.122 e. The van der Waals surface area contributed by atoms with Gasteiger partial charge in [0.2, 0.25) is 0 Å². The summed E-state index contributed by atoms with van der Waals surface area (Å²) in [6, 6.07) is 7.73. The van der Waals surface area contributed by atoms with Gasteiger partial charge in [-0.25, -0.2) is 0 Å². The fourth-order valence-electron chi connectivity index (χ4n) is 1.62. The second-order valence-electron chi connectivity index (χ2n) is 3.92. The molecule has 2 nitrogen and oxygen atoms in total. The van der Waals surface area contributed by atoms with Crippen molar-refractivity contribution < 1.29 is 4.42 Å². The Morgan fingerprint density at radius 3 is 2.83 bits per heavy atom. The summed E-state index contributed by atoms with van der Waals surface area (Å²) in [6.45, 7) is 2.62. The lowest BCUT2D eigenvalue weighted by molar-refractivity contribution is 0.518. The summed E-state index contributed by atoms with van der Waals surface area (Å²) >= 11 is 13.8. The first-order valence-electron chi connectivity index (χ1n) is 5.41. The lowest BCUT2D eigenvalue weighted by Crippen LogP contribution is -2.04. The number of anilines is 1. The van der Waals surface area contributed by atoms with Gasteiger partial charge in [-0.3, -0.25) is 0 Å². The molecule has 0 aliphatic carbocycles. The molecule has 0 saturated carbocycles. The van der Waals surface area contributed by atoms with Crippen LogP contribution in [0.4, 0.5) is 5.69 Å². The largest absolute Gasteiger partial charge is 0.467 e. The van der Waals surface area contributed by atoms with Crippen molar-refractivity contribution in [2.75, 3.05) is 5.32 Å². The molecule has 0 spiro atoms. The summed E-state index contributed by atoms with van der Waals surface area (Å²) in [6.07, 6.45) is 1.66. The van der Waals surface area contributed by atoms with Crippen molar-refractivity contribution >= 4 is 47.4 Å². The maximum absolute atomic E-state index is 5.28. The fourth-order valence-corrected chi connectivity index (χ4v) is 2.16. The Hall–Kier alpha value is -0.910. The predicted molar refractivity (Wildman–Crippen MR) is 85.2 cm³/mol. The zero-order valence-electron chi connectivity index (χ0n) is 9.80. The minimum Gasteiger partial charge on any atom is -0.467 e. The van der Waals surface area contributed by atoms with Crippen molar-refractivity contribution in [3.63, 3.8) is 0 Å². The number of benzene rings is 1. The van der Waals surface area contributed by atoms with Crippen LogP contribution in [-0.4, -0.2) is 4.20 Å². The summed E-state index contributed by atoms with van der Waals surface area (Å²) in [5.41, 5.74) is 2.92. The maximum Gasteiger partial charge on any atom is 0.122 e. The Morgan fingerprint density at radius 2 is 2.22 bits per heavy atom. The van der Waals surface area contributed by atoms with Crippen molar-refractivity contribution in [1.82, 2.24) is 0 Å². The Kier molecular flexibility index (Phi) is 4.37. The molecule has 0 saturated heterocycles. The van der Waals surface area contributed by atoms with Crippen molar-refractivity contribution in [3.8, 4) is 0 Å². The van der Waals surface area contributed by atoms with Crippen LogP contribution < -0.4 is 5.32 Å². The summed E-state index contributed by atoms with van der Waals surface area (Å²) in [5.74, 6) is 0.874. The van der Waals surface area contributed by atoms with E-state index in [-0.39, 0.29) is 0 Å². The highest BCUT2D eigenvalue weighted by Gasteiger charge is 2.08. The van der Waals surface area contributed by atoms with Gasteiger partial charge in [0.15, 0.2) is 0 Å². The second-order valence-corrected chi connectivity index (χ2v) is 5.56. The molecule has 0 fully saturated rings. The van der Waals surface area contributed by atoms with Crippen molar-refractivity contribution in [3.05, 3.63) is 47.4 Å².